The minimum atomic E-state index is -0.00218. The predicted octanol–water partition coefficient (Wildman–Crippen LogP) is 2.12. The molecule has 0 bridgehead atoms. The van der Waals surface area contributed by atoms with Crippen molar-refractivity contribution in [2.45, 2.75) is 32.3 Å². The van der Waals surface area contributed by atoms with Crippen LogP contribution in [0.3, 0.4) is 0 Å². The van der Waals surface area contributed by atoms with Crippen molar-refractivity contribution >= 4 is 0 Å². The van der Waals surface area contributed by atoms with Gasteiger partial charge in [0, 0.05) is 6.61 Å². The van der Waals surface area contributed by atoms with Crippen LogP contribution in [0.2, 0.25) is 0 Å². The first-order chi connectivity index (χ1) is 8.81. The minimum Gasteiger partial charge on any atom is -0.493 e. The zero-order valence-corrected chi connectivity index (χ0v) is 10.9. The standard InChI is InChI=1S/C14H22O4/c1-17-14-10-12(11-16)6-7-13(14)18-9-5-3-2-4-8-15/h6-7,10,15-16H,2-5,8-9,11H2,1H3. The summed E-state index contributed by atoms with van der Waals surface area (Å²) in [6.07, 6.45) is 3.90. The Hall–Kier alpha value is -1.26. The van der Waals surface area contributed by atoms with Gasteiger partial charge in [-0.3, -0.25) is 0 Å². The molecule has 0 amide bonds. The number of aliphatic hydroxyl groups excluding tert-OH is 2. The number of aliphatic hydroxyl groups is 2. The van der Waals surface area contributed by atoms with Crippen molar-refractivity contribution in [1.82, 2.24) is 0 Å². The fourth-order valence-corrected chi connectivity index (χ4v) is 1.68. The van der Waals surface area contributed by atoms with Crippen molar-refractivity contribution in [3.8, 4) is 11.5 Å². The zero-order chi connectivity index (χ0) is 13.2. The van der Waals surface area contributed by atoms with Gasteiger partial charge in [-0.1, -0.05) is 12.5 Å². The lowest BCUT2D eigenvalue weighted by atomic mass is 10.2. The van der Waals surface area contributed by atoms with Gasteiger partial charge in [-0.2, -0.15) is 0 Å². The summed E-state index contributed by atoms with van der Waals surface area (Å²) in [4.78, 5) is 0. The number of rotatable bonds is 9. The maximum atomic E-state index is 9.03. The third-order valence-corrected chi connectivity index (χ3v) is 2.72. The molecule has 0 aliphatic carbocycles. The summed E-state index contributed by atoms with van der Waals surface area (Å²) in [5, 5.41) is 17.7. The lowest BCUT2D eigenvalue weighted by Gasteiger charge is -2.11. The highest BCUT2D eigenvalue weighted by molar-refractivity contribution is 5.42. The Morgan fingerprint density at radius 3 is 2.44 bits per heavy atom. The van der Waals surface area contributed by atoms with E-state index in [2.05, 4.69) is 0 Å². The Kier molecular flexibility index (Phi) is 7.22. The van der Waals surface area contributed by atoms with Crippen LogP contribution < -0.4 is 9.47 Å². The van der Waals surface area contributed by atoms with Crippen molar-refractivity contribution in [3.63, 3.8) is 0 Å². The van der Waals surface area contributed by atoms with E-state index in [9.17, 15) is 0 Å². The van der Waals surface area contributed by atoms with Crippen LogP contribution in [0.1, 0.15) is 31.2 Å². The molecule has 0 aliphatic rings. The molecule has 1 aromatic rings. The molecule has 1 rings (SSSR count). The Balaban J connectivity index is 2.37. The van der Waals surface area contributed by atoms with E-state index in [0.29, 0.717) is 18.1 Å². The molecule has 0 unspecified atom stereocenters. The highest BCUT2D eigenvalue weighted by Crippen LogP contribution is 2.28. The van der Waals surface area contributed by atoms with Gasteiger partial charge in [-0.25, -0.2) is 0 Å². The van der Waals surface area contributed by atoms with Crippen molar-refractivity contribution in [3.05, 3.63) is 23.8 Å². The van der Waals surface area contributed by atoms with Crippen molar-refractivity contribution in [1.29, 1.82) is 0 Å². The van der Waals surface area contributed by atoms with Crippen LogP contribution in [0.25, 0.3) is 0 Å². The van der Waals surface area contributed by atoms with Gasteiger partial charge in [0.15, 0.2) is 11.5 Å². The van der Waals surface area contributed by atoms with E-state index in [1.807, 2.05) is 12.1 Å². The normalized spacial score (nSPS) is 10.4. The van der Waals surface area contributed by atoms with Crippen LogP contribution >= 0.6 is 0 Å². The average molecular weight is 254 g/mol. The molecule has 0 radical (unpaired) electrons. The van der Waals surface area contributed by atoms with Crippen LogP contribution in [-0.2, 0) is 6.61 Å². The second-order valence-electron chi connectivity index (χ2n) is 4.13. The van der Waals surface area contributed by atoms with E-state index < -0.39 is 0 Å². The fraction of sp³-hybridized carbons (Fsp3) is 0.571. The van der Waals surface area contributed by atoms with Gasteiger partial charge in [-0.05, 0) is 37.0 Å². The van der Waals surface area contributed by atoms with Crippen LogP contribution in [0.15, 0.2) is 18.2 Å². The summed E-state index contributed by atoms with van der Waals surface area (Å²) < 4.78 is 10.9. The first-order valence-corrected chi connectivity index (χ1v) is 6.33. The van der Waals surface area contributed by atoms with Crippen LogP contribution in [0, 0.1) is 0 Å². The fourth-order valence-electron chi connectivity index (χ4n) is 1.68. The Bertz CT molecular complexity index is 339. The van der Waals surface area contributed by atoms with E-state index in [4.69, 9.17) is 19.7 Å². The molecule has 18 heavy (non-hydrogen) atoms. The van der Waals surface area contributed by atoms with E-state index in [0.717, 1.165) is 31.2 Å². The number of unbranched alkanes of at least 4 members (excludes halogenated alkanes) is 3. The maximum Gasteiger partial charge on any atom is 0.161 e. The summed E-state index contributed by atoms with van der Waals surface area (Å²) in [6, 6.07) is 5.42. The number of benzene rings is 1. The second kappa shape index (κ2) is 8.78. The minimum absolute atomic E-state index is 0.00218. The third kappa shape index (κ3) is 4.94. The van der Waals surface area contributed by atoms with Gasteiger partial charge in [0.2, 0.25) is 0 Å². The zero-order valence-electron chi connectivity index (χ0n) is 10.9. The molecule has 0 aliphatic heterocycles. The molecule has 2 N–H and O–H groups in total. The summed E-state index contributed by atoms with van der Waals surface area (Å²) in [6.45, 7) is 0.898. The van der Waals surface area contributed by atoms with Crippen molar-refractivity contribution < 1.29 is 19.7 Å². The Labute approximate surface area is 108 Å². The summed E-state index contributed by atoms with van der Waals surface area (Å²) >= 11 is 0. The van der Waals surface area contributed by atoms with Gasteiger partial charge in [0.05, 0.1) is 20.3 Å². The third-order valence-electron chi connectivity index (χ3n) is 2.72. The molecule has 0 fully saturated rings. The first-order valence-electron chi connectivity index (χ1n) is 6.33. The summed E-state index contributed by atoms with van der Waals surface area (Å²) in [7, 11) is 1.59. The Morgan fingerprint density at radius 2 is 1.78 bits per heavy atom. The summed E-state index contributed by atoms with van der Waals surface area (Å²) in [5.74, 6) is 1.36. The lowest BCUT2D eigenvalue weighted by Crippen LogP contribution is -2.00. The average Bonchev–Trinajstić information content (AvgIpc) is 2.42. The van der Waals surface area contributed by atoms with Crippen molar-refractivity contribution in [2.75, 3.05) is 20.3 Å². The number of hydrogen-bond acceptors (Lipinski definition) is 4. The molecule has 102 valence electrons. The molecule has 1 aromatic carbocycles. The van der Waals surface area contributed by atoms with E-state index in [1.165, 1.54) is 0 Å². The molecule has 0 spiro atoms. The molecule has 0 saturated carbocycles. The van der Waals surface area contributed by atoms with Crippen molar-refractivity contribution in [2.24, 2.45) is 0 Å². The lowest BCUT2D eigenvalue weighted by molar-refractivity contribution is 0.266. The second-order valence-corrected chi connectivity index (χ2v) is 4.13. The van der Waals surface area contributed by atoms with Gasteiger partial charge < -0.3 is 19.7 Å². The van der Waals surface area contributed by atoms with E-state index in [-0.39, 0.29) is 13.2 Å². The van der Waals surface area contributed by atoms with E-state index >= 15 is 0 Å². The van der Waals surface area contributed by atoms with Crippen LogP contribution in [-0.4, -0.2) is 30.5 Å². The number of hydrogen-bond donors (Lipinski definition) is 2. The highest BCUT2D eigenvalue weighted by Gasteiger charge is 2.05. The van der Waals surface area contributed by atoms with Gasteiger partial charge in [0.25, 0.3) is 0 Å². The molecule has 0 heterocycles. The molecular weight excluding hydrogens is 232 g/mol. The molecule has 0 atom stereocenters. The molecule has 0 aromatic heterocycles. The smallest absolute Gasteiger partial charge is 0.161 e. The SMILES string of the molecule is COc1cc(CO)ccc1OCCCCCCO. The van der Waals surface area contributed by atoms with Crippen LogP contribution in [0.5, 0.6) is 11.5 Å². The highest BCUT2D eigenvalue weighted by atomic mass is 16.5. The topological polar surface area (TPSA) is 58.9 Å². The molecule has 4 heteroatoms. The van der Waals surface area contributed by atoms with Gasteiger partial charge >= 0.3 is 0 Å². The Morgan fingerprint density at radius 1 is 1.00 bits per heavy atom. The van der Waals surface area contributed by atoms with E-state index in [1.54, 1.807) is 13.2 Å². The maximum absolute atomic E-state index is 9.03. The molecule has 0 saturated heterocycles. The first kappa shape index (κ1) is 14.8. The van der Waals surface area contributed by atoms with Crippen LogP contribution in [0.4, 0.5) is 0 Å². The number of ether oxygens (including phenoxy) is 2. The number of methoxy groups -OCH3 is 1. The van der Waals surface area contributed by atoms with Gasteiger partial charge in [-0.15, -0.1) is 0 Å². The quantitative estimate of drug-likeness (QED) is 0.663. The predicted molar refractivity (Wildman–Crippen MR) is 70.0 cm³/mol. The van der Waals surface area contributed by atoms with Gasteiger partial charge in [0.1, 0.15) is 0 Å². The molecular formula is C14H22O4. The summed E-state index contributed by atoms with van der Waals surface area (Å²) in [5.41, 5.74) is 0.808. The molecule has 4 nitrogen and oxygen atoms in total. The largest absolute Gasteiger partial charge is 0.493 e. The monoisotopic (exact) mass is 254 g/mol.